The number of carbonyl (C=O) groups excluding carboxylic acids is 1. The van der Waals surface area contributed by atoms with Crippen molar-refractivity contribution in [3.63, 3.8) is 0 Å². The molecule has 1 N–H and O–H groups in total. The minimum atomic E-state index is -0.633. The summed E-state index contributed by atoms with van der Waals surface area (Å²) in [6.45, 7) is 4.75. The zero-order valence-electron chi connectivity index (χ0n) is 16.5. The molecule has 29 heavy (non-hydrogen) atoms. The standard InChI is InChI=1S/C22H23N5O2/c1-3-27-14-19(15(2)25-27)20-13-21(29-26-20)22(28)24-18-6-4-16(5-7-18)12-17-8-10-23-11-9-17/h4-11,14,21H,3,12-13H2,1-2H3,(H,24,28). The third kappa shape index (κ3) is 4.34. The smallest absolute Gasteiger partial charge is 0.268 e. The van der Waals surface area contributed by atoms with Gasteiger partial charge in [0, 0.05) is 42.8 Å². The summed E-state index contributed by atoms with van der Waals surface area (Å²) in [5.74, 6) is -0.203. The lowest BCUT2D eigenvalue weighted by Crippen LogP contribution is -2.28. The maximum absolute atomic E-state index is 12.6. The number of benzene rings is 1. The lowest BCUT2D eigenvalue weighted by atomic mass is 10.0. The van der Waals surface area contributed by atoms with Crippen LogP contribution in [0.3, 0.4) is 0 Å². The monoisotopic (exact) mass is 389 g/mol. The molecule has 7 nitrogen and oxygen atoms in total. The van der Waals surface area contributed by atoms with E-state index in [9.17, 15) is 4.79 Å². The number of aromatic nitrogens is 3. The van der Waals surface area contributed by atoms with Gasteiger partial charge in [-0.05, 0) is 55.7 Å². The van der Waals surface area contributed by atoms with Crippen molar-refractivity contribution >= 4 is 17.3 Å². The molecular formula is C22H23N5O2. The number of nitrogens with one attached hydrogen (secondary N) is 1. The minimum absolute atomic E-state index is 0.203. The highest BCUT2D eigenvalue weighted by molar-refractivity contribution is 6.06. The molecule has 0 saturated carbocycles. The first-order chi connectivity index (χ1) is 14.1. The second-order valence-corrected chi connectivity index (χ2v) is 7.04. The Balaban J connectivity index is 1.34. The second-order valence-electron chi connectivity index (χ2n) is 7.04. The summed E-state index contributed by atoms with van der Waals surface area (Å²) in [6, 6.07) is 11.8. The van der Waals surface area contributed by atoms with E-state index < -0.39 is 6.10 Å². The van der Waals surface area contributed by atoms with Gasteiger partial charge in [-0.15, -0.1) is 0 Å². The number of rotatable bonds is 6. The van der Waals surface area contributed by atoms with Crippen LogP contribution in [0.15, 0.2) is 60.1 Å². The van der Waals surface area contributed by atoms with Crippen LogP contribution in [-0.2, 0) is 22.6 Å². The molecule has 1 aromatic carbocycles. The average molecular weight is 389 g/mol. The molecule has 3 aromatic rings. The third-order valence-electron chi connectivity index (χ3n) is 4.92. The van der Waals surface area contributed by atoms with Crippen LogP contribution < -0.4 is 5.32 Å². The van der Waals surface area contributed by atoms with E-state index in [0.717, 1.165) is 35.6 Å². The molecule has 0 radical (unpaired) electrons. The van der Waals surface area contributed by atoms with Crippen LogP contribution in [0.4, 0.5) is 5.69 Å². The number of nitrogens with zero attached hydrogens (tertiary/aromatic N) is 4. The van der Waals surface area contributed by atoms with E-state index in [4.69, 9.17) is 4.84 Å². The number of hydrogen-bond acceptors (Lipinski definition) is 5. The summed E-state index contributed by atoms with van der Waals surface area (Å²) in [7, 11) is 0. The van der Waals surface area contributed by atoms with E-state index >= 15 is 0 Å². The van der Waals surface area contributed by atoms with Gasteiger partial charge in [0.15, 0.2) is 0 Å². The molecule has 7 heteroatoms. The fraction of sp³-hybridized carbons (Fsp3) is 0.273. The van der Waals surface area contributed by atoms with Gasteiger partial charge in [0.25, 0.3) is 5.91 Å². The maximum Gasteiger partial charge on any atom is 0.268 e. The van der Waals surface area contributed by atoms with Crippen LogP contribution in [0.1, 0.15) is 35.7 Å². The van der Waals surface area contributed by atoms with Crippen molar-refractivity contribution in [3.05, 3.63) is 77.4 Å². The third-order valence-corrected chi connectivity index (χ3v) is 4.92. The van der Waals surface area contributed by atoms with E-state index in [1.807, 2.05) is 61.1 Å². The lowest BCUT2D eigenvalue weighted by Gasteiger charge is -2.10. The molecule has 0 saturated heterocycles. The van der Waals surface area contributed by atoms with Crippen LogP contribution in [0.5, 0.6) is 0 Å². The van der Waals surface area contributed by atoms with Gasteiger partial charge in [-0.3, -0.25) is 14.5 Å². The Labute approximate surface area is 169 Å². The number of hydrogen-bond donors (Lipinski definition) is 1. The number of aryl methyl sites for hydroxylation is 2. The minimum Gasteiger partial charge on any atom is -0.382 e. The molecule has 0 fully saturated rings. The van der Waals surface area contributed by atoms with Gasteiger partial charge in [0.2, 0.25) is 6.10 Å². The van der Waals surface area contributed by atoms with Gasteiger partial charge in [0.1, 0.15) is 0 Å². The number of pyridine rings is 1. The van der Waals surface area contributed by atoms with Crippen LogP contribution in [-0.4, -0.2) is 32.5 Å². The SMILES string of the molecule is CCn1cc(C2=NOC(C(=O)Nc3ccc(Cc4ccncc4)cc3)C2)c(C)n1. The van der Waals surface area contributed by atoms with E-state index in [1.54, 1.807) is 12.4 Å². The van der Waals surface area contributed by atoms with Crippen molar-refractivity contribution in [2.24, 2.45) is 5.16 Å². The van der Waals surface area contributed by atoms with Crippen molar-refractivity contribution in [2.75, 3.05) is 5.32 Å². The van der Waals surface area contributed by atoms with E-state index in [-0.39, 0.29) is 5.91 Å². The molecule has 1 aliphatic rings. The molecule has 0 bridgehead atoms. The first-order valence-electron chi connectivity index (χ1n) is 9.68. The fourth-order valence-electron chi connectivity index (χ4n) is 3.31. The topological polar surface area (TPSA) is 81.4 Å². The van der Waals surface area contributed by atoms with Crippen molar-refractivity contribution in [1.82, 2.24) is 14.8 Å². The Morgan fingerprint density at radius 3 is 2.59 bits per heavy atom. The van der Waals surface area contributed by atoms with Crippen LogP contribution >= 0.6 is 0 Å². The zero-order valence-corrected chi connectivity index (χ0v) is 16.5. The summed E-state index contributed by atoms with van der Waals surface area (Å²) in [6.07, 6.45) is 6.14. The predicted octanol–water partition coefficient (Wildman–Crippen LogP) is 3.33. The number of carbonyl (C=O) groups is 1. The van der Waals surface area contributed by atoms with Gasteiger partial charge in [-0.25, -0.2) is 0 Å². The highest BCUT2D eigenvalue weighted by Crippen LogP contribution is 2.21. The van der Waals surface area contributed by atoms with Crippen molar-refractivity contribution < 1.29 is 9.63 Å². The fourth-order valence-corrected chi connectivity index (χ4v) is 3.31. The summed E-state index contributed by atoms with van der Waals surface area (Å²) in [5.41, 5.74) is 5.68. The molecule has 1 atom stereocenters. The second kappa shape index (κ2) is 8.26. The summed E-state index contributed by atoms with van der Waals surface area (Å²) in [4.78, 5) is 22.0. The van der Waals surface area contributed by atoms with E-state index in [2.05, 4.69) is 20.6 Å². The largest absolute Gasteiger partial charge is 0.382 e. The average Bonchev–Trinajstić information content (AvgIpc) is 3.37. The highest BCUT2D eigenvalue weighted by atomic mass is 16.6. The molecule has 148 valence electrons. The van der Waals surface area contributed by atoms with Crippen molar-refractivity contribution in [3.8, 4) is 0 Å². The zero-order chi connectivity index (χ0) is 20.2. The maximum atomic E-state index is 12.6. The predicted molar refractivity (Wildman–Crippen MR) is 111 cm³/mol. The molecule has 1 aliphatic heterocycles. The first kappa shape index (κ1) is 18.9. The quantitative estimate of drug-likeness (QED) is 0.701. The highest BCUT2D eigenvalue weighted by Gasteiger charge is 2.30. The summed E-state index contributed by atoms with van der Waals surface area (Å²) < 4.78 is 1.86. The van der Waals surface area contributed by atoms with Gasteiger partial charge in [0.05, 0.1) is 11.4 Å². The summed E-state index contributed by atoms with van der Waals surface area (Å²) >= 11 is 0. The molecule has 4 rings (SSSR count). The molecule has 1 unspecified atom stereocenters. The number of anilines is 1. The Hall–Kier alpha value is -3.48. The van der Waals surface area contributed by atoms with E-state index in [0.29, 0.717) is 6.42 Å². The number of oxime groups is 1. The van der Waals surface area contributed by atoms with E-state index in [1.165, 1.54) is 11.1 Å². The molecule has 3 heterocycles. The Kier molecular flexibility index (Phi) is 5.37. The van der Waals surface area contributed by atoms with Crippen molar-refractivity contribution in [1.29, 1.82) is 0 Å². The molecule has 0 spiro atoms. The van der Waals surface area contributed by atoms with Crippen LogP contribution in [0.25, 0.3) is 0 Å². The molecule has 0 aliphatic carbocycles. The van der Waals surface area contributed by atoms with Gasteiger partial charge in [-0.1, -0.05) is 17.3 Å². The van der Waals surface area contributed by atoms with Crippen LogP contribution in [0, 0.1) is 6.92 Å². The molecule has 1 amide bonds. The van der Waals surface area contributed by atoms with Gasteiger partial charge < -0.3 is 10.2 Å². The summed E-state index contributed by atoms with van der Waals surface area (Å²) in [5, 5.41) is 11.5. The van der Waals surface area contributed by atoms with Gasteiger partial charge >= 0.3 is 0 Å². The molecular weight excluding hydrogens is 366 g/mol. The Bertz CT molecular complexity index is 1030. The Morgan fingerprint density at radius 1 is 1.17 bits per heavy atom. The van der Waals surface area contributed by atoms with Gasteiger partial charge in [-0.2, -0.15) is 5.10 Å². The molecule has 2 aromatic heterocycles. The van der Waals surface area contributed by atoms with Crippen molar-refractivity contribution in [2.45, 2.75) is 39.3 Å². The number of amides is 1. The Morgan fingerprint density at radius 2 is 1.90 bits per heavy atom. The normalized spacial score (nSPS) is 15.7. The lowest BCUT2D eigenvalue weighted by molar-refractivity contribution is -0.125. The first-order valence-corrected chi connectivity index (χ1v) is 9.68. The van der Waals surface area contributed by atoms with Crippen LogP contribution in [0.2, 0.25) is 0 Å².